The van der Waals surface area contributed by atoms with E-state index in [1.807, 2.05) is 23.9 Å². The van der Waals surface area contributed by atoms with Crippen LogP contribution in [0.3, 0.4) is 0 Å². The van der Waals surface area contributed by atoms with Gasteiger partial charge in [-0.25, -0.2) is 0 Å². The minimum Gasteiger partial charge on any atom is -0.382 e. The molecular formula is C12H20N4S. The summed E-state index contributed by atoms with van der Waals surface area (Å²) < 4.78 is 0. The molecule has 0 bridgehead atoms. The lowest BCUT2D eigenvalue weighted by atomic mass is 10.2. The van der Waals surface area contributed by atoms with Gasteiger partial charge in [0.2, 0.25) is 0 Å². The lowest BCUT2D eigenvalue weighted by Crippen LogP contribution is -2.29. The normalized spacial score (nSPS) is 12.2. The third-order valence-electron chi connectivity index (χ3n) is 2.83. The molecule has 3 N–H and O–H groups in total. The average Bonchev–Trinajstić information content (AvgIpc) is 2.35. The predicted octanol–water partition coefficient (Wildman–Crippen LogP) is 1.94. The van der Waals surface area contributed by atoms with Gasteiger partial charge >= 0.3 is 0 Å². The van der Waals surface area contributed by atoms with Crippen LogP contribution in [0.4, 0.5) is 5.69 Å². The van der Waals surface area contributed by atoms with Crippen LogP contribution in [0.15, 0.2) is 18.3 Å². The number of pyridine rings is 1. The number of amidine groups is 1. The lowest BCUT2D eigenvalue weighted by Gasteiger charge is -2.27. The molecule has 0 saturated carbocycles. The van der Waals surface area contributed by atoms with Crippen molar-refractivity contribution in [2.45, 2.75) is 19.4 Å². The van der Waals surface area contributed by atoms with E-state index in [4.69, 9.17) is 11.1 Å². The number of hydrogen-bond acceptors (Lipinski definition) is 4. The first kappa shape index (κ1) is 13.8. The fourth-order valence-corrected chi connectivity index (χ4v) is 2.10. The maximum atomic E-state index is 7.38. The van der Waals surface area contributed by atoms with Crippen molar-refractivity contribution in [3.05, 3.63) is 24.0 Å². The molecule has 1 atom stereocenters. The summed E-state index contributed by atoms with van der Waals surface area (Å²) in [4.78, 5) is 6.26. The molecule has 0 saturated heterocycles. The predicted molar refractivity (Wildman–Crippen MR) is 76.1 cm³/mol. The Labute approximate surface area is 107 Å². The summed E-state index contributed by atoms with van der Waals surface area (Å²) in [6, 6.07) is 4.27. The number of nitrogens with zero attached hydrogens (tertiary/aromatic N) is 2. The largest absolute Gasteiger partial charge is 0.382 e. The highest BCUT2D eigenvalue weighted by atomic mass is 32.2. The van der Waals surface area contributed by atoms with E-state index in [0.717, 1.165) is 17.9 Å². The van der Waals surface area contributed by atoms with Gasteiger partial charge in [0, 0.05) is 25.0 Å². The summed E-state index contributed by atoms with van der Waals surface area (Å²) in [5, 5.41) is 7.38. The fraction of sp³-hybridized carbons (Fsp3) is 0.500. The summed E-state index contributed by atoms with van der Waals surface area (Å²) in [5.41, 5.74) is 7.03. The zero-order valence-corrected chi connectivity index (χ0v) is 11.4. The summed E-state index contributed by atoms with van der Waals surface area (Å²) in [6.07, 6.45) is 4.95. The van der Waals surface area contributed by atoms with Gasteiger partial charge in [0.1, 0.15) is 11.5 Å². The minimum absolute atomic E-state index is 0.0111. The molecule has 17 heavy (non-hydrogen) atoms. The highest BCUT2D eigenvalue weighted by Gasteiger charge is 2.10. The molecule has 5 heteroatoms. The second-order valence-electron chi connectivity index (χ2n) is 4.05. The molecule has 94 valence electrons. The van der Waals surface area contributed by atoms with E-state index in [9.17, 15) is 0 Å². The van der Waals surface area contributed by atoms with Gasteiger partial charge in [0.25, 0.3) is 0 Å². The monoisotopic (exact) mass is 252 g/mol. The van der Waals surface area contributed by atoms with Crippen LogP contribution in [0.25, 0.3) is 0 Å². The Morgan fingerprint density at radius 3 is 2.94 bits per heavy atom. The number of hydrogen-bond donors (Lipinski definition) is 2. The zero-order valence-electron chi connectivity index (χ0n) is 10.6. The molecule has 1 aromatic heterocycles. The van der Waals surface area contributed by atoms with E-state index in [1.54, 1.807) is 6.20 Å². The Balaban J connectivity index is 2.77. The van der Waals surface area contributed by atoms with Crippen molar-refractivity contribution >= 4 is 23.3 Å². The molecule has 0 spiro atoms. The molecule has 0 aliphatic heterocycles. The van der Waals surface area contributed by atoms with E-state index in [-0.39, 0.29) is 5.84 Å². The smallest absolute Gasteiger partial charge is 0.141 e. The molecule has 0 fully saturated rings. The molecule has 1 heterocycles. The first-order valence-electron chi connectivity index (χ1n) is 5.58. The third-order valence-corrected chi connectivity index (χ3v) is 3.47. The van der Waals surface area contributed by atoms with Gasteiger partial charge in [0.15, 0.2) is 0 Å². The highest BCUT2D eigenvalue weighted by molar-refractivity contribution is 7.98. The Morgan fingerprint density at radius 2 is 2.35 bits per heavy atom. The topological polar surface area (TPSA) is 66.0 Å². The SMILES string of the molecule is CSCCC(C)N(C)c1ccnc(C(=N)N)c1. The number of anilines is 1. The Bertz CT molecular complexity index is 381. The zero-order chi connectivity index (χ0) is 12.8. The van der Waals surface area contributed by atoms with Crippen LogP contribution in [-0.2, 0) is 0 Å². The first-order chi connectivity index (χ1) is 8.06. The van der Waals surface area contributed by atoms with Gasteiger partial charge in [-0.15, -0.1) is 0 Å². The van der Waals surface area contributed by atoms with Crippen LogP contribution in [0.2, 0.25) is 0 Å². The Kier molecular flexibility index (Phi) is 5.28. The standard InChI is InChI=1S/C12H20N4S/c1-9(5-7-17-3)16(2)10-4-6-15-11(8-10)12(13)14/h4,6,8-9H,5,7H2,1-3H3,(H3,13,14). The van der Waals surface area contributed by atoms with Gasteiger partial charge in [-0.05, 0) is 37.5 Å². The first-order valence-corrected chi connectivity index (χ1v) is 6.98. The molecule has 1 aromatic rings. The molecule has 0 aromatic carbocycles. The van der Waals surface area contributed by atoms with Crippen LogP contribution in [0.5, 0.6) is 0 Å². The quantitative estimate of drug-likeness (QED) is 0.600. The van der Waals surface area contributed by atoms with Crippen LogP contribution < -0.4 is 10.6 Å². The average molecular weight is 252 g/mol. The van der Waals surface area contributed by atoms with Gasteiger partial charge in [0.05, 0.1) is 0 Å². The summed E-state index contributed by atoms with van der Waals surface area (Å²) in [5.74, 6) is 1.16. The molecule has 0 amide bonds. The van der Waals surface area contributed by atoms with Crippen molar-refractivity contribution in [2.75, 3.05) is 24.0 Å². The van der Waals surface area contributed by atoms with E-state index < -0.39 is 0 Å². The molecule has 0 radical (unpaired) electrons. The van der Waals surface area contributed by atoms with Crippen molar-refractivity contribution in [2.24, 2.45) is 5.73 Å². The van der Waals surface area contributed by atoms with Gasteiger partial charge in [-0.3, -0.25) is 10.4 Å². The van der Waals surface area contributed by atoms with Gasteiger partial charge in [-0.1, -0.05) is 0 Å². The van der Waals surface area contributed by atoms with E-state index in [2.05, 4.69) is 30.1 Å². The van der Waals surface area contributed by atoms with Crippen molar-refractivity contribution in [3.63, 3.8) is 0 Å². The second kappa shape index (κ2) is 6.49. The van der Waals surface area contributed by atoms with Crippen molar-refractivity contribution < 1.29 is 0 Å². The second-order valence-corrected chi connectivity index (χ2v) is 5.04. The molecule has 4 nitrogen and oxygen atoms in total. The van der Waals surface area contributed by atoms with Crippen LogP contribution in [-0.4, -0.2) is 35.9 Å². The van der Waals surface area contributed by atoms with Crippen LogP contribution in [0.1, 0.15) is 19.0 Å². The maximum Gasteiger partial charge on any atom is 0.141 e. The van der Waals surface area contributed by atoms with Crippen LogP contribution >= 0.6 is 11.8 Å². The summed E-state index contributed by atoms with van der Waals surface area (Å²) in [7, 11) is 2.06. The minimum atomic E-state index is 0.0111. The van der Waals surface area contributed by atoms with Gasteiger partial charge < -0.3 is 10.6 Å². The summed E-state index contributed by atoms with van der Waals surface area (Å²) >= 11 is 1.86. The molecule has 1 unspecified atom stereocenters. The number of nitrogens with two attached hydrogens (primary N) is 1. The Hall–Kier alpha value is -1.23. The third kappa shape index (κ3) is 3.93. The van der Waals surface area contributed by atoms with E-state index in [0.29, 0.717) is 11.7 Å². The number of nitrogens with one attached hydrogen (secondary N) is 1. The fourth-order valence-electron chi connectivity index (χ4n) is 1.52. The Morgan fingerprint density at radius 1 is 1.65 bits per heavy atom. The number of nitrogen functional groups attached to an aromatic ring is 1. The molecule has 1 rings (SSSR count). The summed E-state index contributed by atoms with van der Waals surface area (Å²) in [6.45, 7) is 2.20. The number of aromatic nitrogens is 1. The number of thioether (sulfide) groups is 1. The maximum absolute atomic E-state index is 7.38. The lowest BCUT2D eigenvalue weighted by molar-refractivity contribution is 0.669. The van der Waals surface area contributed by atoms with E-state index >= 15 is 0 Å². The molecular weight excluding hydrogens is 232 g/mol. The van der Waals surface area contributed by atoms with Gasteiger partial charge in [-0.2, -0.15) is 11.8 Å². The number of rotatable bonds is 6. The van der Waals surface area contributed by atoms with Crippen molar-refractivity contribution in [3.8, 4) is 0 Å². The molecule has 0 aliphatic rings. The van der Waals surface area contributed by atoms with Crippen molar-refractivity contribution in [1.82, 2.24) is 4.98 Å². The van der Waals surface area contributed by atoms with E-state index in [1.165, 1.54) is 0 Å². The molecule has 0 aliphatic carbocycles. The van der Waals surface area contributed by atoms with Crippen molar-refractivity contribution in [1.29, 1.82) is 5.41 Å². The van der Waals surface area contributed by atoms with Crippen LogP contribution in [0, 0.1) is 5.41 Å². The highest BCUT2D eigenvalue weighted by Crippen LogP contribution is 2.17.